The Morgan fingerprint density at radius 1 is 1.08 bits per heavy atom. The maximum Gasteiger partial charge on any atom is 0.0886 e. The molecule has 1 nitrogen and oxygen atoms in total. The van der Waals surface area contributed by atoms with Gasteiger partial charge in [-0.25, -0.2) is 0 Å². The fourth-order valence-corrected chi connectivity index (χ4v) is 2.04. The van der Waals surface area contributed by atoms with Gasteiger partial charge in [0.05, 0.1) is 26.7 Å². The van der Waals surface area contributed by atoms with E-state index in [1.54, 1.807) is 0 Å². The van der Waals surface area contributed by atoms with E-state index >= 15 is 0 Å². The monoisotopic (exact) mass is 175 g/mol. The molecule has 0 aromatic carbocycles. The van der Waals surface area contributed by atoms with Crippen LogP contribution in [0.15, 0.2) is 0 Å². The zero-order valence-electron chi connectivity index (χ0n) is 8.65. The van der Waals surface area contributed by atoms with Crippen LogP contribution in [-0.4, -0.2) is 31.2 Å². The lowest BCUT2D eigenvalue weighted by Gasteiger charge is -2.39. The maximum absolute atomic E-state index is 2.37. The maximum atomic E-state index is 2.37. The molecular formula is C10H22FN. The summed E-state index contributed by atoms with van der Waals surface area (Å²) in [6, 6.07) is 0.953. The molecule has 74 valence electrons. The van der Waals surface area contributed by atoms with E-state index in [-0.39, 0.29) is 4.70 Å². The Kier molecular flexibility index (Phi) is 4.76. The highest BCUT2D eigenvalue weighted by atomic mass is 19.0. The molecule has 0 spiro atoms. The second-order valence-electron chi connectivity index (χ2n) is 4.39. The molecule has 0 atom stereocenters. The zero-order valence-corrected chi connectivity index (χ0v) is 8.65. The van der Waals surface area contributed by atoms with Crippen LogP contribution in [0.3, 0.4) is 0 Å². The first-order valence-electron chi connectivity index (χ1n) is 4.99. The van der Waals surface area contributed by atoms with Crippen molar-refractivity contribution in [2.45, 2.75) is 45.1 Å². The minimum absolute atomic E-state index is 0. The average molecular weight is 175 g/mol. The van der Waals surface area contributed by atoms with Gasteiger partial charge in [-0.05, 0) is 32.6 Å². The van der Waals surface area contributed by atoms with E-state index in [0.29, 0.717) is 0 Å². The largest absolute Gasteiger partial charge is 1.00 e. The molecule has 0 N–H and O–H groups in total. The first kappa shape index (κ1) is 11.9. The van der Waals surface area contributed by atoms with Crippen LogP contribution < -0.4 is 4.70 Å². The lowest BCUT2D eigenvalue weighted by molar-refractivity contribution is -0.914. The van der Waals surface area contributed by atoms with Crippen LogP contribution in [0.5, 0.6) is 0 Å². The van der Waals surface area contributed by atoms with Crippen LogP contribution >= 0.6 is 0 Å². The highest BCUT2D eigenvalue weighted by Gasteiger charge is 2.27. The number of halogens is 1. The second-order valence-corrected chi connectivity index (χ2v) is 4.39. The number of quaternary nitrogens is 1. The van der Waals surface area contributed by atoms with Crippen LogP contribution in [0.1, 0.15) is 39.0 Å². The molecule has 1 aliphatic carbocycles. The highest BCUT2D eigenvalue weighted by Crippen LogP contribution is 2.24. The molecule has 0 aromatic heterocycles. The Hall–Kier alpha value is -0.110. The summed E-state index contributed by atoms with van der Waals surface area (Å²) in [5.74, 6) is 0. The van der Waals surface area contributed by atoms with Gasteiger partial charge in [-0.15, -0.1) is 0 Å². The molecule has 0 heterocycles. The number of hydrogen-bond donors (Lipinski definition) is 0. The third-order valence-electron chi connectivity index (χ3n) is 3.38. The molecule has 0 amide bonds. The summed E-state index contributed by atoms with van der Waals surface area (Å²) >= 11 is 0. The Morgan fingerprint density at radius 3 is 2.00 bits per heavy atom. The van der Waals surface area contributed by atoms with E-state index in [1.165, 1.54) is 43.1 Å². The summed E-state index contributed by atoms with van der Waals surface area (Å²) in [7, 11) is 4.74. The SMILES string of the molecule is CC[N+](C)(C)C1CCCCC1.[F-]. The lowest BCUT2D eigenvalue weighted by Crippen LogP contribution is -3.00. The van der Waals surface area contributed by atoms with Crippen molar-refractivity contribution in [3.63, 3.8) is 0 Å². The third-order valence-corrected chi connectivity index (χ3v) is 3.38. The summed E-state index contributed by atoms with van der Waals surface area (Å²) in [6.45, 7) is 3.58. The average Bonchev–Trinajstić information content (AvgIpc) is 2.06. The van der Waals surface area contributed by atoms with Crippen LogP contribution in [-0.2, 0) is 0 Å². The molecule has 0 bridgehead atoms. The van der Waals surface area contributed by atoms with Gasteiger partial charge in [-0.3, -0.25) is 0 Å². The summed E-state index contributed by atoms with van der Waals surface area (Å²) < 4.78 is 1.24. The summed E-state index contributed by atoms with van der Waals surface area (Å²) in [5.41, 5.74) is 0. The van der Waals surface area contributed by atoms with Crippen molar-refractivity contribution >= 4 is 0 Å². The molecule has 1 fully saturated rings. The second kappa shape index (κ2) is 4.80. The normalized spacial score (nSPS) is 20.2. The summed E-state index contributed by atoms with van der Waals surface area (Å²) in [5, 5.41) is 0. The van der Waals surface area contributed by atoms with Crippen molar-refractivity contribution in [1.82, 2.24) is 0 Å². The van der Waals surface area contributed by atoms with Gasteiger partial charge >= 0.3 is 0 Å². The van der Waals surface area contributed by atoms with Crippen molar-refractivity contribution in [3.05, 3.63) is 0 Å². The molecular weight excluding hydrogens is 153 g/mol. The number of rotatable bonds is 2. The molecule has 1 saturated carbocycles. The van der Waals surface area contributed by atoms with Crippen molar-refractivity contribution in [1.29, 1.82) is 0 Å². The Morgan fingerprint density at radius 2 is 1.58 bits per heavy atom. The lowest BCUT2D eigenvalue weighted by atomic mass is 9.93. The van der Waals surface area contributed by atoms with Gasteiger partial charge in [0.2, 0.25) is 0 Å². The fourth-order valence-electron chi connectivity index (χ4n) is 2.04. The highest BCUT2D eigenvalue weighted by molar-refractivity contribution is 4.65. The van der Waals surface area contributed by atoms with Gasteiger partial charge in [0.1, 0.15) is 0 Å². The zero-order chi connectivity index (χ0) is 8.32. The molecule has 0 unspecified atom stereocenters. The van der Waals surface area contributed by atoms with E-state index in [2.05, 4.69) is 21.0 Å². The topological polar surface area (TPSA) is 0 Å². The molecule has 0 saturated heterocycles. The smallest absolute Gasteiger partial charge is 0.0886 e. The van der Waals surface area contributed by atoms with Gasteiger partial charge < -0.3 is 9.19 Å². The van der Waals surface area contributed by atoms with Crippen LogP contribution in [0.2, 0.25) is 0 Å². The van der Waals surface area contributed by atoms with E-state index < -0.39 is 0 Å². The Labute approximate surface area is 75.7 Å². The third kappa shape index (κ3) is 2.74. The van der Waals surface area contributed by atoms with E-state index in [1.807, 2.05) is 0 Å². The standard InChI is InChI=1S/C10H22N.FH/c1-4-11(2,3)10-8-6-5-7-9-10;/h10H,4-9H2,1-3H3;1H/q+1;/p-1. The van der Waals surface area contributed by atoms with Crippen LogP contribution in [0.4, 0.5) is 0 Å². The van der Waals surface area contributed by atoms with Crippen LogP contribution in [0.25, 0.3) is 0 Å². The van der Waals surface area contributed by atoms with Gasteiger partial charge in [-0.2, -0.15) is 0 Å². The van der Waals surface area contributed by atoms with Gasteiger partial charge in [-0.1, -0.05) is 6.42 Å². The first-order chi connectivity index (χ1) is 5.17. The Balaban J connectivity index is 0.00000121. The fraction of sp³-hybridized carbons (Fsp3) is 1.00. The minimum Gasteiger partial charge on any atom is -1.00 e. The molecule has 2 heteroatoms. The summed E-state index contributed by atoms with van der Waals surface area (Å²) in [6.07, 6.45) is 7.32. The van der Waals surface area contributed by atoms with E-state index in [0.717, 1.165) is 6.04 Å². The molecule has 0 aromatic rings. The number of nitrogens with zero attached hydrogens (tertiary/aromatic N) is 1. The first-order valence-corrected chi connectivity index (χ1v) is 4.99. The van der Waals surface area contributed by atoms with Crippen molar-refractivity contribution in [3.8, 4) is 0 Å². The molecule has 1 aliphatic rings. The molecule has 12 heavy (non-hydrogen) atoms. The quantitative estimate of drug-likeness (QED) is 0.493. The van der Waals surface area contributed by atoms with Crippen molar-refractivity contribution < 1.29 is 9.19 Å². The van der Waals surface area contributed by atoms with Gasteiger partial charge in [0, 0.05) is 0 Å². The molecule has 0 radical (unpaired) electrons. The number of hydrogen-bond acceptors (Lipinski definition) is 0. The minimum atomic E-state index is 0. The van der Waals surface area contributed by atoms with Gasteiger partial charge in [0.25, 0.3) is 0 Å². The van der Waals surface area contributed by atoms with Gasteiger partial charge in [0.15, 0.2) is 0 Å². The van der Waals surface area contributed by atoms with Crippen LogP contribution in [0, 0.1) is 0 Å². The van der Waals surface area contributed by atoms with E-state index in [9.17, 15) is 0 Å². The van der Waals surface area contributed by atoms with Crippen molar-refractivity contribution in [2.75, 3.05) is 20.6 Å². The molecule has 1 rings (SSSR count). The molecule has 0 aliphatic heterocycles. The predicted molar refractivity (Wildman–Crippen MR) is 49.5 cm³/mol. The summed E-state index contributed by atoms with van der Waals surface area (Å²) in [4.78, 5) is 0. The predicted octanol–water partition coefficient (Wildman–Crippen LogP) is -0.581. The van der Waals surface area contributed by atoms with E-state index in [4.69, 9.17) is 0 Å². The Bertz CT molecular complexity index is 117. The van der Waals surface area contributed by atoms with Crippen molar-refractivity contribution in [2.24, 2.45) is 0 Å².